The molecule has 0 amide bonds. The minimum atomic E-state index is 0.728. The summed E-state index contributed by atoms with van der Waals surface area (Å²) in [5, 5.41) is 12.6. The molecule has 1 saturated carbocycles. The molecule has 0 aromatic carbocycles. The molecule has 0 spiro atoms. The van der Waals surface area contributed by atoms with Gasteiger partial charge in [-0.2, -0.15) is 10.2 Å². The van der Waals surface area contributed by atoms with Gasteiger partial charge in [-0.1, -0.05) is 6.92 Å². The summed E-state index contributed by atoms with van der Waals surface area (Å²) in [4.78, 5) is 0. The summed E-state index contributed by atoms with van der Waals surface area (Å²) in [6.45, 7) is 5.93. The normalized spacial score (nSPS) is 14.9. The first-order valence-electron chi connectivity index (χ1n) is 7.55. The van der Waals surface area contributed by atoms with Crippen molar-refractivity contribution in [2.45, 2.75) is 52.2 Å². The van der Waals surface area contributed by atoms with Crippen LogP contribution in [-0.2, 0) is 26.6 Å². The van der Waals surface area contributed by atoms with E-state index in [9.17, 15) is 0 Å². The summed E-state index contributed by atoms with van der Waals surface area (Å²) in [6.07, 6.45) is 5.54. The Morgan fingerprint density at radius 2 is 2.19 bits per heavy atom. The van der Waals surface area contributed by atoms with Gasteiger partial charge in [-0.05, 0) is 42.1 Å². The highest BCUT2D eigenvalue weighted by Crippen LogP contribution is 2.23. The van der Waals surface area contributed by atoms with Crippen LogP contribution in [0.2, 0.25) is 0 Å². The number of nitrogens with zero attached hydrogens (tertiary/aromatic N) is 4. The summed E-state index contributed by atoms with van der Waals surface area (Å²) in [7, 11) is 1.99. The molecule has 2 aromatic rings. The Bertz CT molecular complexity index is 639. The lowest BCUT2D eigenvalue weighted by atomic mass is 10.2. The molecule has 0 radical (unpaired) electrons. The Kier molecular flexibility index (Phi) is 4.17. The van der Waals surface area contributed by atoms with Crippen LogP contribution in [0.4, 0.5) is 0 Å². The number of hydrogen-bond donors (Lipinski definition) is 1. The Morgan fingerprint density at radius 3 is 2.81 bits per heavy atom. The zero-order valence-electron chi connectivity index (χ0n) is 12.9. The average Bonchev–Trinajstić information content (AvgIpc) is 3.18. The molecular weight excluding hydrogens is 330 g/mol. The maximum absolute atomic E-state index is 4.55. The Balaban J connectivity index is 1.76. The van der Waals surface area contributed by atoms with Crippen molar-refractivity contribution in [3.8, 4) is 0 Å². The molecule has 5 nitrogen and oxygen atoms in total. The van der Waals surface area contributed by atoms with E-state index < -0.39 is 0 Å². The van der Waals surface area contributed by atoms with Gasteiger partial charge in [0, 0.05) is 30.9 Å². The lowest BCUT2D eigenvalue weighted by Crippen LogP contribution is -2.16. The van der Waals surface area contributed by atoms with Crippen molar-refractivity contribution in [2.24, 2.45) is 7.05 Å². The van der Waals surface area contributed by atoms with Gasteiger partial charge in [0.1, 0.15) is 0 Å². The molecule has 2 aromatic heterocycles. The first-order chi connectivity index (χ1) is 10.1. The lowest BCUT2D eigenvalue weighted by Gasteiger charge is -2.07. The number of aryl methyl sites for hydroxylation is 2. The molecule has 0 atom stereocenters. The van der Waals surface area contributed by atoms with Gasteiger partial charge in [0.2, 0.25) is 0 Å². The van der Waals surface area contributed by atoms with E-state index in [0.29, 0.717) is 0 Å². The van der Waals surface area contributed by atoms with E-state index in [1.54, 1.807) is 0 Å². The second-order valence-corrected chi connectivity index (χ2v) is 6.55. The SMILES string of the molecule is CCc1nn(C)c(Cn2ncc(CNC3CC3)c2C)c1Br. The quantitative estimate of drug-likeness (QED) is 0.869. The Hall–Kier alpha value is -1.14. The molecule has 1 aliphatic carbocycles. The summed E-state index contributed by atoms with van der Waals surface area (Å²) in [5.74, 6) is 0. The highest BCUT2D eigenvalue weighted by atomic mass is 79.9. The van der Waals surface area contributed by atoms with Crippen LogP contribution < -0.4 is 5.32 Å². The third kappa shape index (κ3) is 3.06. The van der Waals surface area contributed by atoms with Crippen LogP contribution in [0.1, 0.15) is 42.4 Å². The number of hydrogen-bond acceptors (Lipinski definition) is 3. The molecule has 3 rings (SSSR count). The van der Waals surface area contributed by atoms with Crippen LogP contribution in [0.15, 0.2) is 10.7 Å². The molecule has 0 aliphatic heterocycles. The zero-order chi connectivity index (χ0) is 15.0. The number of halogens is 1. The van der Waals surface area contributed by atoms with Gasteiger partial charge >= 0.3 is 0 Å². The van der Waals surface area contributed by atoms with Gasteiger partial charge in [0.25, 0.3) is 0 Å². The van der Waals surface area contributed by atoms with Crippen LogP contribution in [0.25, 0.3) is 0 Å². The van der Waals surface area contributed by atoms with E-state index in [4.69, 9.17) is 0 Å². The Labute approximate surface area is 133 Å². The summed E-state index contributed by atoms with van der Waals surface area (Å²) >= 11 is 3.67. The van der Waals surface area contributed by atoms with Crippen molar-refractivity contribution in [3.05, 3.63) is 33.3 Å². The molecule has 2 heterocycles. The van der Waals surface area contributed by atoms with Gasteiger partial charge in [0.15, 0.2) is 0 Å². The van der Waals surface area contributed by atoms with E-state index >= 15 is 0 Å². The minimum absolute atomic E-state index is 0.728. The summed E-state index contributed by atoms with van der Waals surface area (Å²) in [5.41, 5.74) is 4.79. The van der Waals surface area contributed by atoms with Gasteiger partial charge in [0.05, 0.1) is 28.6 Å². The lowest BCUT2D eigenvalue weighted by molar-refractivity contribution is 0.602. The molecule has 114 valence electrons. The fraction of sp³-hybridized carbons (Fsp3) is 0.600. The standard InChI is InChI=1S/C15H22BrN5/c1-4-13-15(16)14(20(3)19-13)9-21-10(2)11(8-18-21)7-17-12-5-6-12/h8,12,17H,4-7,9H2,1-3H3. The number of aromatic nitrogens is 4. The second kappa shape index (κ2) is 5.93. The topological polar surface area (TPSA) is 47.7 Å². The maximum Gasteiger partial charge on any atom is 0.0842 e. The van der Waals surface area contributed by atoms with Crippen molar-refractivity contribution in [1.29, 1.82) is 0 Å². The van der Waals surface area contributed by atoms with Gasteiger partial charge in [-0.15, -0.1) is 0 Å². The van der Waals surface area contributed by atoms with Gasteiger partial charge in [-0.3, -0.25) is 9.36 Å². The number of nitrogens with one attached hydrogen (secondary N) is 1. The van der Waals surface area contributed by atoms with Crippen molar-refractivity contribution in [2.75, 3.05) is 0 Å². The smallest absolute Gasteiger partial charge is 0.0842 e. The monoisotopic (exact) mass is 351 g/mol. The van der Waals surface area contributed by atoms with Crippen LogP contribution in [0, 0.1) is 6.92 Å². The van der Waals surface area contributed by atoms with Crippen molar-refractivity contribution in [1.82, 2.24) is 24.9 Å². The largest absolute Gasteiger partial charge is 0.310 e. The van der Waals surface area contributed by atoms with Gasteiger partial charge < -0.3 is 5.32 Å². The average molecular weight is 352 g/mol. The van der Waals surface area contributed by atoms with Crippen molar-refractivity contribution < 1.29 is 0 Å². The molecule has 0 unspecified atom stereocenters. The highest BCUT2D eigenvalue weighted by molar-refractivity contribution is 9.10. The van der Waals surface area contributed by atoms with Crippen LogP contribution in [-0.4, -0.2) is 25.6 Å². The maximum atomic E-state index is 4.55. The summed E-state index contributed by atoms with van der Waals surface area (Å²) < 4.78 is 5.12. The first kappa shape index (κ1) is 14.8. The fourth-order valence-corrected chi connectivity index (χ4v) is 3.24. The molecule has 1 fully saturated rings. The molecule has 1 N–H and O–H groups in total. The van der Waals surface area contributed by atoms with Gasteiger partial charge in [-0.25, -0.2) is 0 Å². The third-order valence-electron chi connectivity index (χ3n) is 4.17. The van der Waals surface area contributed by atoms with E-state index in [2.05, 4.69) is 50.0 Å². The molecular formula is C15H22BrN5. The minimum Gasteiger partial charge on any atom is -0.310 e. The molecule has 6 heteroatoms. The molecule has 21 heavy (non-hydrogen) atoms. The third-order valence-corrected chi connectivity index (χ3v) is 5.08. The van der Waals surface area contributed by atoms with E-state index in [1.165, 1.54) is 29.8 Å². The van der Waals surface area contributed by atoms with E-state index in [-0.39, 0.29) is 0 Å². The van der Waals surface area contributed by atoms with E-state index in [0.717, 1.165) is 35.7 Å². The van der Waals surface area contributed by atoms with Crippen molar-refractivity contribution >= 4 is 15.9 Å². The van der Waals surface area contributed by atoms with Crippen LogP contribution >= 0.6 is 15.9 Å². The second-order valence-electron chi connectivity index (χ2n) is 5.75. The predicted molar refractivity (Wildman–Crippen MR) is 86.2 cm³/mol. The first-order valence-corrected chi connectivity index (χ1v) is 8.34. The van der Waals surface area contributed by atoms with Crippen LogP contribution in [0.3, 0.4) is 0 Å². The summed E-state index contributed by atoms with van der Waals surface area (Å²) in [6, 6.07) is 0.728. The Morgan fingerprint density at radius 1 is 1.43 bits per heavy atom. The van der Waals surface area contributed by atoms with Crippen LogP contribution in [0.5, 0.6) is 0 Å². The highest BCUT2D eigenvalue weighted by Gasteiger charge is 2.21. The molecule has 1 aliphatic rings. The molecule has 0 saturated heterocycles. The fourth-order valence-electron chi connectivity index (χ4n) is 2.49. The number of rotatable bonds is 6. The molecule has 0 bridgehead atoms. The van der Waals surface area contributed by atoms with Crippen molar-refractivity contribution in [3.63, 3.8) is 0 Å². The zero-order valence-corrected chi connectivity index (χ0v) is 14.4. The predicted octanol–water partition coefficient (Wildman–Crippen LogP) is 2.55. The van der Waals surface area contributed by atoms with E-state index in [1.807, 2.05) is 17.9 Å².